The molecule has 2 rings (SSSR count). The first kappa shape index (κ1) is 13.3. The largest absolute Gasteiger partial charge is 0.496 e. The van der Waals surface area contributed by atoms with Gasteiger partial charge in [-0.1, -0.05) is 30.3 Å². The Morgan fingerprint density at radius 2 is 1.84 bits per heavy atom. The zero-order valence-corrected chi connectivity index (χ0v) is 10.7. The van der Waals surface area contributed by atoms with Gasteiger partial charge in [0.1, 0.15) is 17.9 Å². The SMILES string of the molecule is COc1ccccc1C(C=O)Cc1ccc(F)cc1. The van der Waals surface area contributed by atoms with Crippen LogP contribution < -0.4 is 4.74 Å². The van der Waals surface area contributed by atoms with Crippen LogP contribution in [-0.4, -0.2) is 13.4 Å². The second-order valence-corrected chi connectivity index (χ2v) is 4.32. The molecule has 3 heteroatoms. The molecule has 2 nitrogen and oxygen atoms in total. The van der Waals surface area contributed by atoms with E-state index in [1.54, 1.807) is 19.2 Å². The highest BCUT2D eigenvalue weighted by Crippen LogP contribution is 2.27. The first-order chi connectivity index (χ1) is 9.24. The fraction of sp³-hybridized carbons (Fsp3) is 0.188. The molecule has 0 saturated heterocycles. The monoisotopic (exact) mass is 258 g/mol. The lowest BCUT2D eigenvalue weighted by molar-refractivity contribution is -0.109. The van der Waals surface area contributed by atoms with Crippen LogP contribution in [0.15, 0.2) is 48.5 Å². The summed E-state index contributed by atoms with van der Waals surface area (Å²) in [6.07, 6.45) is 1.44. The number of benzene rings is 2. The Morgan fingerprint density at radius 3 is 2.47 bits per heavy atom. The topological polar surface area (TPSA) is 26.3 Å². The Bertz CT molecular complexity index is 549. The number of aldehydes is 1. The fourth-order valence-electron chi connectivity index (χ4n) is 2.08. The van der Waals surface area contributed by atoms with Crippen LogP contribution >= 0.6 is 0 Å². The number of ether oxygens (including phenoxy) is 1. The molecule has 0 aliphatic carbocycles. The second kappa shape index (κ2) is 6.14. The predicted octanol–water partition coefficient (Wildman–Crippen LogP) is 3.36. The summed E-state index contributed by atoms with van der Waals surface area (Å²) >= 11 is 0. The average Bonchev–Trinajstić information content (AvgIpc) is 2.46. The smallest absolute Gasteiger partial charge is 0.127 e. The summed E-state index contributed by atoms with van der Waals surface area (Å²) in [5, 5.41) is 0. The summed E-state index contributed by atoms with van der Waals surface area (Å²) in [5.41, 5.74) is 1.77. The molecule has 19 heavy (non-hydrogen) atoms. The normalized spacial score (nSPS) is 11.9. The number of rotatable bonds is 5. The number of methoxy groups -OCH3 is 1. The number of hydrogen-bond acceptors (Lipinski definition) is 2. The van der Waals surface area contributed by atoms with Gasteiger partial charge in [-0.25, -0.2) is 4.39 Å². The molecule has 2 aromatic rings. The molecule has 0 aliphatic heterocycles. The van der Waals surface area contributed by atoms with Crippen LogP contribution in [0.4, 0.5) is 4.39 Å². The van der Waals surface area contributed by atoms with Gasteiger partial charge in [0, 0.05) is 11.5 Å². The number of halogens is 1. The lowest BCUT2D eigenvalue weighted by Gasteiger charge is -2.14. The standard InChI is InChI=1S/C16H15FO2/c1-19-16-5-3-2-4-15(16)13(11-18)10-12-6-8-14(17)9-7-12/h2-9,11,13H,10H2,1H3. The minimum atomic E-state index is -0.290. The van der Waals surface area contributed by atoms with Gasteiger partial charge in [-0.15, -0.1) is 0 Å². The molecule has 0 amide bonds. The van der Waals surface area contributed by atoms with Crippen LogP contribution in [0.25, 0.3) is 0 Å². The third kappa shape index (κ3) is 3.19. The van der Waals surface area contributed by atoms with Crippen molar-refractivity contribution in [3.8, 4) is 5.75 Å². The van der Waals surface area contributed by atoms with Gasteiger partial charge in [0.15, 0.2) is 0 Å². The van der Waals surface area contributed by atoms with Crippen LogP contribution in [0.3, 0.4) is 0 Å². The van der Waals surface area contributed by atoms with Crippen molar-refractivity contribution in [2.75, 3.05) is 7.11 Å². The van der Waals surface area contributed by atoms with Crippen LogP contribution in [0.2, 0.25) is 0 Å². The number of carbonyl (C=O) groups excluding carboxylic acids is 1. The first-order valence-electron chi connectivity index (χ1n) is 6.07. The summed E-state index contributed by atoms with van der Waals surface area (Å²) in [4.78, 5) is 11.3. The Kier molecular flexibility index (Phi) is 4.29. The molecule has 0 aliphatic rings. The molecule has 0 saturated carbocycles. The zero-order valence-electron chi connectivity index (χ0n) is 10.7. The highest BCUT2D eigenvalue weighted by atomic mass is 19.1. The van der Waals surface area contributed by atoms with Crippen LogP contribution in [0.5, 0.6) is 5.75 Å². The maximum atomic E-state index is 12.9. The summed E-state index contributed by atoms with van der Waals surface area (Å²) in [7, 11) is 1.58. The van der Waals surface area contributed by atoms with Gasteiger partial charge in [-0.3, -0.25) is 0 Å². The Hall–Kier alpha value is -2.16. The third-order valence-electron chi connectivity index (χ3n) is 3.07. The molecule has 0 bridgehead atoms. The van der Waals surface area contributed by atoms with E-state index in [2.05, 4.69) is 0 Å². The summed E-state index contributed by atoms with van der Waals surface area (Å²) in [5.74, 6) is 0.131. The Balaban J connectivity index is 2.25. The lowest BCUT2D eigenvalue weighted by atomic mass is 9.92. The molecule has 0 fully saturated rings. The lowest BCUT2D eigenvalue weighted by Crippen LogP contribution is -2.06. The molecule has 0 heterocycles. The summed E-state index contributed by atoms with van der Waals surface area (Å²) < 4.78 is 18.1. The molecular formula is C16H15FO2. The molecule has 2 aromatic carbocycles. The maximum absolute atomic E-state index is 12.9. The number of hydrogen-bond donors (Lipinski definition) is 0. The number of carbonyl (C=O) groups is 1. The minimum absolute atomic E-state index is 0.274. The Morgan fingerprint density at radius 1 is 1.16 bits per heavy atom. The maximum Gasteiger partial charge on any atom is 0.127 e. The summed E-state index contributed by atoms with van der Waals surface area (Å²) in [6, 6.07) is 13.6. The van der Waals surface area contributed by atoms with E-state index in [0.29, 0.717) is 12.2 Å². The van der Waals surface area contributed by atoms with E-state index in [9.17, 15) is 9.18 Å². The minimum Gasteiger partial charge on any atom is -0.496 e. The van der Waals surface area contributed by atoms with Gasteiger partial charge in [0.25, 0.3) is 0 Å². The third-order valence-corrected chi connectivity index (χ3v) is 3.07. The van der Waals surface area contributed by atoms with Gasteiger partial charge in [0.05, 0.1) is 7.11 Å². The van der Waals surface area contributed by atoms with E-state index in [1.165, 1.54) is 12.1 Å². The second-order valence-electron chi connectivity index (χ2n) is 4.32. The van der Waals surface area contributed by atoms with E-state index in [4.69, 9.17) is 4.74 Å². The van der Waals surface area contributed by atoms with Crippen LogP contribution in [0.1, 0.15) is 17.0 Å². The molecule has 1 unspecified atom stereocenters. The van der Waals surface area contributed by atoms with E-state index in [1.807, 2.05) is 24.3 Å². The molecular weight excluding hydrogens is 243 g/mol. The van der Waals surface area contributed by atoms with Crippen LogP contribution in [0, 0.1) is 5.82 Å². The van der Waals surface area contributed by atoms with Gasteiger partial charge in [0.2, 0.25) is 0 Å². The molecule has 0 N–H and O–H groups in total. The van der Waals surface area contributed by atoms with Gasteiger partial charge in [-0.05, 0) is 30.2 Å². The first-order valence-corrected chi connectivity index (χ1v) is 6.07. The molecule has 1 atom stereocenters. The highest BCUT2D eigenvalue weighted by molar-refractivity contribution is 5.65. The Labute approximate surface area is 111 Å². The zero-order chi connectivity index (χ0) is 13.7. The van der Waals surface area contributed by atoms with Gasteiger partial charge < -0.3 is 9.53 Å². The van der Waals surface area contributed by atoms with Crippen molar-refractivity contribution in [1.29, 1.82) is 0 Å². The predicted molar refractivity (Wildman–Crippen MR) is 71.9 cm³/mol. The van der Waals surface area contributed by atoms with Gasteiger partial charge in [-0.2, -0.15) is 0 Å². The van der Waals surface area contributed by atoms with Crippen molar-refractivity contribution in [3.05, 3.63) is 65.5 Å². The van der Waals surface area contributed by atoms with Crippen molar-refractivity contribution in [3.63, 3.8) is 0 Å². The molecule has 0 aromatic heterocycles. The van der Waals surface area contributed by atoms with Crippen molar-refractivity contribution in [1.82, 2.24) is 0 Å². The van der Waals surface area contributed by atoms with Crippen LogP contribution in [-0.2, 0) is 11.2 Å². The number of para-hydroxylation sites is 1. The van der Waals surface area contributed by atoms with E-state index >= 15 is 0 Å². The van der Waals surface area contributed by atoms with Gasteiger partial charge >= 0.3 is 0 Å². The quantitative estimate of drug-likeness (QED) is 0.769. The van der Waals surface area contributed by atoms with E-state index < -0.39 is 0 Å². The summed E-state index contributed by atoms with van der Waals surface area (Å²) in [6.45, 7) is 0. The highest BCUT2D eigenvalue weighted by Gasteiger charge is 2.15. The van der Waals surface area contributed by atoms with Crippen molar-refractivity contribution in [2.45, 2.75) is 12.3 Å². The van der Waals surface area contributed by atoms with Crippen molar-refractivity contribution < 1.29 is 13.9 Å². The van der Waals surface area contributed by atoms with Crippen molar-refractivity contribution in [2.24, 2.45) is 0 Å². The van der Waals surface area contributed by atoms with Crippen molar-refractivity contribution >= 4 is 6.29 Å². The van der Waals surface area contributed by atoms with E-state index in [-0.39, 0.29) is 11.7 Å². The molecule has 0 radical (unpaired) electrons. The van der Waals surface area contributed by atoms with E-state index in [0.717, 1.165) is 17.4 Å². The molecule has 0 spiro atoms. The fourth-order valence-corrected chi connectivity index (χ4v) is 2.08. The average molecular weight is 258 g/mol. The molecule has 98 valence electrons.